The zero-order valence-corrected chi connectivity index (χ0v) is 12.3. The Bertz CT molecular complexity index is 372. The van der Waals surface area contributed by atoms with E-state index < -0.39 is 5.60 Å². The standard InChI is InChI=1S/C12H17BrClNO2/c1-12(16,8-15-5-6-17-2)10-4-3-9(13)7-11(10)14/h3-4,7,15-16H,5-6,8H2,1-2H3. The van der Waals surface area contributed by atoms with Crippen LogP contribution in [0, 0.1) is 0 Å². The van der Waals surface area contributed by atoms with Crippen LogP contribution in [0.2, 0.25) is 5.02 Å². The van der Waals surface area contributed by atoms with Gasteiger partial charge in [-0.2, -0.15) is 0 Å². The van der Waals surface area contributed by atoms with Crippen molar-refractivity contribution in [2.45, 2.75) is 12.5 Å². The smallest absolute Gasteiger partial charge is 0.101 e. The predicted octanol–water partition coefficient (Wildman–Crippen LogP) is 2.55. The minimum absolute atomic E-state index is 0.428. The van der Waals surface area contributed by atoms with Gasteiger partial charge in [0.1, 0.15) is 5.60 Å². The lowest BCUT2D eigenvalue weighted by molar-refractivity contribution is 0.0551. The Balaban J connectivity index is 2.68. The van der Waals surface area contributed by atoms with Crippen molar-refractivity contribution in [3.8, 4) is 0 Å². The first-order valence-electron chi connectivity index (χ1n) is 5.35. The fourth-order valence-electron chi connectivity index (χ4n) is 1.53. The van der Waals surface area contributed by atoms with Gasteiger partial charge in [0.2, 0.25) is 0 Å². The normalized spacial score (nSPS) is 14.6. The second kappa shape index (κ2) is 6.71. The summed E-state index contributed by atoms with van der Waals surface area (Å²) < 4.78 is 5.82. The van der Waals surface area contributed by atoms with E-state index in [0.29, 0.717) is 30.3 Å². The molecule has 96 valence electrons. The van der Waals surface area contributed by atoms with Crippen molar-refractivity contribution in [1.29, 1.82) is 0 Å². The van der Waals surface area contributed by atoms with E-state index in [-0.39, 0.29) is 0 Å². The van der Waals surface area contributed by atoms with Gasteiger partial charge >= 0.3 is 0 Å². The summed E-state index contributed by atoms with van der Waals surface area (Å²) in [6.45, 7) is 3.48. The van der Waals surface area contributed by atoms with Crippen LogP contribution in [0.3, 0.4) is 0 Å². The van der Waals surface area contributed by atoms with Crippen LogP contribution >= 0.6 is 27.5 Å². The average molecular weight is 323 g/mol. The highest BCUT2D eigenvalue weighted by Crippen LogP contribution is 2.29. The van der Waals surface area contributed by atoms with Gasteiger partial charge in [-0.05, 0) is 19.1 Å². The molecule has 1 unspecified atom stereocenters. The molecular weight excluding hydrogens is 305 g/mol. The molecule has 0 spiro atoms. The fraction of sp³-hybridized carbons (Fsp3) is 0.500. The van der Waals surface area contributed by atoms with Gasteiger partial charge in [0.05, 0.1) is 6.61 Å². The third kappa shape index (κ3) is 4.56. The van der Waals surface area contributed by atoms with Gasteiger partial charge in [0.25, 0.3) is 0 Å². The van der Waals surface area contributed by atoms with Crippen LogP contribution in [0.1, 0.15) is 12.5 Å². The Morgan fingerprint density at radius 3 is 2.82 bits per heavy atom. The molecule has 1 rings (SSSR count). The van der Waals surface area contributed by atoms with Crippen molar-refractivity contribution in [1.82, 2.24) is 5.32 Å². The van der Waals surface area contributed by atoms with Gasteiger partial charge in [-0.15, -0.1) is 0 Å². The van der Waals surface area contributed by atoms with E-state index in [1.807, 2.05) is 12.1 Å². The van der Waals surface area contributed by atoms with Crippen LogP contribution in [0.4, 0.5) is 0 Å². The molecule has 0 saturated heterocycles. The molecule has 1 aromatic rings. The summed E-state index contributed by atoms with van der Waals surface area (Å²) in [5.41, 5.74) is -0.279. The Hall–Kier alpha value is -0.130. The Morgan fingerprint density at radius 2 is 2.24 bits per heavy atom. The Labute approximate surface area is 115 Å². The summed E-state index contributed by atoms with van der Waals surface area (Å²) in [5, 5.41) is 14.0. The maximum absolute atomic E-state index is 10.4. The van der Waals surface area contributed by atoms with E-state index in [0.717, 1.165) is 4.47 Å². The molecule has 0 saturated carbocycles. The van der Waals surface area contributed by atoms with Gasteiger partial charge < -0.3 is 15.2 Å². The lowest BCUT2D eigenvalue weighted by Crippen LogP contribution is -2.37. The first-order chi connectivity index (χ1) is 7.97. The van der Waals surface area contributed by atoms with Gasteiger partial charge in [-0.3, -0.25) is 0 Å². The number of nitrogens with one attached hydrogen (secondary N) is 1. The Kier molecular flexibility index (Phi) is 5.89. The molecule has 0 bridgehead atoms. The second-order valence-electron chi connectivity index (χ2n) is 4.07. The summed E-state index contributed by atoms with van der Waals surface area (Å²) in [6.07, 6.45) is 0. The number of halogens is 2. The number of benzene rings is 1. The zero-order valence-electron chi connectivity index (χ0n) is 9.96. The highest BCUT2D eigenvalue weighted by molar-refractivity contribution is 9.10. The fourth-order valence-corrected chi connectivity index (χ4v) is 2.40. The zero-order chi connectivity index (χ0) is 12.9. The lowest BCUT2D eigenvalue weighted by atomic mass is 9.96. The molecule has 17 heavy (non-hydrogen) atoms. The third-order valence-corrected chi connectivity index (χ3v) is 3.27. The number of hydrogen-bond donors (Lipinski definition) is 2. The molecular formula is C12H17BrClNO2. The van der Waals surface area contributed by atoms with E-state index in [9.17, 15) is 5.11 Å². The number of aliphatic hydroxyl groups is 1. The van der Waals surface area contributed by atoms with Crippen molar-refractivity contribution < 1.29 is 9.84 Å². The highest BCUT2D eigenvalue weighted by Gasteiger charge is 2.25. The average Bonchev–Trinajstić information content (AvgIpc) is 2.24. The molecule has 1 aromatic carbocycles. The molecule has 0 heterocycles. The number of rotatable bonds is 6. The molecule has 3 nitrogen and oxygen atoms in total. The van der Waals surface area contributed by atoms with Gasteiger partial charge in [0, 0.05) is 35.3 Å². The van der Waals surface area contributed by atoms with Gasteiger partial charge in [-0.1, -0.05) is 33.6 Å². The lowest BCUT2D eigenvalue weighted by Gasteiger charge is -2.25. The monoisotopic (exact) mass is 321 g/mol. The van der Waals surface area contributed by atoms with Gasteiger partial charge in [0.15, 0.2) is 0 Å². The minimum Gasteiger partial charge on any atom is -0.384 e. The van der Waals surface area contributed by atoms with Crippen LogP contribution in [0.25, 0.3) is 0 Å². The summed E-state index contributed by atoms with van der Waals surface area (Å²) in [4.78, 5) is 0. The van der Waals surface area contributed by atoms with Crippen LogP contribution in [-0.2, 0) is 10.3 Å². The van der Waals surface area contributed by atoms with Crippen LogP contribution in [0.5, 0.6) is 0 Å². The molecule has 2 N–H and O–H groups in total. The summed E-state index contributed by atoms with van der Waals surface area (Å²) in [6, 6.07) is 5.47. The van der Waals surface area contributed by atoms with Crippen molar-refractivity contribution in [2.24, 2.45) is 0 Å². The molecule has 0 radical (unpaired) electrons. The molecule has 5 heteroatoms. The minimum atomic E-state index is -0.995. The van der Waals surface area contributed by atoms with E-state index >= 15 is 0 Å². The molecule has 0 fully saturated rings. The third-order valence-electron chi connectivity index (χ3n) is 2.46. The molecule has 1 atom stereocenters. The second-order valence-corrected chi connectivity index (χ2v) is 5.39. The van der Waals surface area contributed by atoms with Crippen LogP contribution in [-0.4, -0.2) is 31.9 Å². The van der Waals surface area contributed by atoms with Crippen molar-refractivity contribution in [3.63, 3.8) is 0 Å². The maximum Gasteiger partial charge on any atom is 0.101 e. The quantitative estimate of drug-likeness (QED) is 0.791. The molecule has 0 aliphatic heterocycles. The van der Waals surface area contributed by atoms with Gasteiger partial charge in [-0.25, -0.2) is 0 Å². The summed E-state index contributed by atoms with van der Waals surface area (Å²) in [7, 11) is 1.64. The van der Waals surface area contributed by atoms with E-state index in [1.165, 1.54) is 0 Å². The van der Waals surface area contributed by atoms with Crippen molar-refractivity contribution in [2.75, 3.05) is 26.8 Å². The number of hydrogen-bond acceptors (Lipinski definition) is 3. The first-order valence-corrected chi connectivity index (χ1v) is 6.52. The topological polar surface area (TPSA) is 41.5 Å². The number of methoxy groups -OCH3 is 1. The molecule has 0 aliphatic rings. The SMILES string of the molecule is COCCNCC(C)(O)c1ccc(Br)cc1Cl. The molecule has 0 aromatic heterocycles. The molecule has 0 aliphatic carbocycles. The van der Waals surface area contributed by atoms with E-state index in [4.69, 9.17) is 16.3 Å². The molecule has 0 amide bonds. The maximum atomic E-state index is 10.4. The highest BCUT2D eigenvalue weighted by atomic mass is 79.9. The first kappa shape index (κ1) is 14.9. The van der Waals surface area contributed by atoms with Crippen molar-refractivity contribution >= 4 is 27.5 Å². The predicted molar refractivity (Wildman–Crippen MR) is 73.5 cm³/mol. The van der Waals surface area contributed by atoms with Crippen molar-refractivity contribution in [3.05, 3.63) is 33.3 Å². The Morgan fingerprint density at radius 1 is 1.53 bits per heavy atom. The van der Waals surface area contributed by atoms with Crippen LogP contribution in [0.15, 0.2) is 22.7 Å². The number of ether oxygens (including phenoxy) is 1. The van der Waals surface area contributed by atoms with E-state index in [2.05, 4.69) is 21.2 Å². The van der Waals surface area contributed by atoms with Crippen LogP contribution < -0.4 is 5.32 Å². The van der Waals surface area contributed by atoms with E-state index in [1.54, 1.807) is 20.1 Å². The largest absolute Gasteiger partial charge is 0.384 e. The summed E-state index contributed by atoms with van der Waals surface area (Å²) >= 11 is 9.45. The summed E-state index contributed by atoms with van der Waals surface area (Å²) in [5.74, 6) is 0.